The number of benzene rings is 3. The van der Waals surface area contributed by atoms with Gasteiger partial charge in [-0.25, -0.2) is 0 Å². The van der Waals surface area contributed by atoms with Crippen LogP contribution in [0.4, 0.5) is 5.69 Å². The van der Waals surface area contributed by atoms with Gasteiger partial charge < -0.3 is 20.3 Å². The zero-order valence-corrected chi connectivity index (χ0v) is 23.5. The van der Waals surface area contributed by atoms with E-state index in [1.807, 2.05) is 53.4 Å². The number of piperazine rings is 1. The highest BCUT2D eigenvalue weighted by atomic mass is 16.4. The molecule has 2 amide bonds. The quantitative estimate of drug-likeness (QED) is 0.260. The van der Waals surface area contributed by atoms with Gasteiger partial charge >= 0.3 is 5.97 Å². The summed E-state index contributed by atoms with van der Waals surface area (Å²) in [5.41, 5.74) is 4.98. The Bertz CT molecular complexity index is 1540. The molecule has 0 bridgehead atoms. The van der Waals surface area contributed by atoms with E-state index in [0.717, 1.165) is 59.0 Å². The maximum atomic E-state index is 13.0. The van der Waals surface area contributed by atoms with Gasteiger partial charge in [0.05, 0.1) is 12.5 Å². The van der Waals surface area contributed by atoms with Gasteiger partial charge in [0.2, 0.25) is 11.8 Å². The first kappa shape index (κ1) is 27.7. The van der Waals surface area contributed by atoms with Crippen molar-refractivity contribution in [3.05, 3.63) is 102 Å². The second kappa shape index (κ2) is 12.2. The van der Waals surface area contributed by atoms with Crippen molar-refractivity contribution in [1.29, 1.82) is 0 Å². The number of nitrogens with zero attached hydrogens (tertiary/aromatic N) is 2. The van der Waals surface area contributed by atoms with Crippen molar-refractivity contribution >= 4 is 34.4 Å². The summed E-state index contributed by atoms with van der Waals surface area (Å²) < 4.78 is 2.26. The van der Waals surface area contributed by atoms with E-state index in [2.05, 4.69) is 51.7 Å². The predicted octanol–water partition coefficient (Wildman–Crippen LogP) is 5.18. The molecule has 2 fully saturated rings. The molecule has 1 saturated carbocycles. The molecule has 1 aliphatic carbocycles. The van der Waals surface area contributed by atoms with Crippen LogP contribution in [0, 0.1) is 5.92 Å². The van der Waals surface area contributed by atoms with Gasteiger partial charge in [-0.05, 0) is 47.7 Å². The monoisotopic (exact) mass is 564 g/mol. The fourth-order valence-electron chi connectivity index (χ4n) is 6.52. The Morgan fingerprint density at radius 1 is 0.952 bits per heavy atom. The van der Waals surface area contributed by atoms with Crippen molar-refractivity contribution in [2.45, 2.75) is 50.7 Å². The Morgan fingerprint density at radius 3 is 2.26 bits per heavy atom. The van der Waals surface area contributed by atoms with Crippen LogP contribution in [0.5, 0.6) is 0 Å². The van der Waals surface area contributed by atoms with Crippen LogP contribution in [0.2, 0.25) is 0 Å². The van der Waals surface area contributed by atoms with Crippen LogP contribution < -0.4 is 10.6 Å². The standard InChI is InChI=1S/C34H36N4O4/c39-31(40)20-30-34(42)35-17-18-37(30)21-26-22-38(32(23-9-3-1-4-10-23)24-11-5-2-6-12-24)29-16-15-27(19-28(26)29)36-33(41)25-13-7-8-14-25/h1-6,9-12,15-16,19,22,25,30,32H,7-8,13-14,17-18,20-21H2,(H,35,42)(H,36,41)(H,39,40). The number of aromatic nitrogens is 1. The van der Waals surface area contributed by atoms with Gasteiger partial charge in [0.15, 0.2) is 0 Å². The molecule has 1 saturated heterocycles. The number of aliphatic carboxylic acids is 1. The molecule has 1 aliphatic heterocycles. The van der Waals surface area contributed by atoms with E-state index in [4.69, 9.17) is 0 Å². The molecular weight excluding hydrogens is 528 g/mol. The number of carboxylic acids is 1. The molecule has 1 unspecified atom stereocenters. The molecule has 42 heavy (non-hydrogen) atoms. The molecule has 8 heteroatoms. The second-order valence-corrected chi connectivity index (χ2v) is 11.4. The smallest absolute Gasteiger partial charge is 0.305 e. The van der Waals surface area contributed by atoms with Crippen molar-refractivity contribution < 1.29 is 19.5 Å². The predicted molar refractivity (Wildman–Crippen MR) is 162 cm³/mol. The molecule has 0 spiro atoms. The Balaban J connectivity index is 1.45. The number of hydrogen-bond donors (Lipinski definition) is 3. The third-order valence-electron chi connectivity index (χ3n) is 8.60. The number of amides is 2. The summed E-state index contributed by atoms with van der Waals surface area (Å²) in [6.45, 7) is 1.42. The molecule has 4 aromatic rings. The average Bonchev–Trinajstić information content (AvgIpc) is 3.65. The largest absolute Gasteiger partial charge is 0.481 e. The number of carbonyl (C=O) groups excluding carboxylic acids is 2. The van der Waals surface area contributed by atoms with Crippen LogP contribution in [-0.2, 0) is 20.9 Å². The molecular formula is C34H36N4O4. The Kier molecular flexibility index (Phi) is 8.06. The summed E-state index contributed by atoms with van der Waals surface area (Å²) >= 11 is 0. The maximum absolute atomic E-state index is 13.0. The average molecular weight is 565 g/mol. The Morgan fingerprint density at radius 2 is 1.62 bits per heavy atom. The van der Waals surface area contributed by atoms with Gasteiger partial charge in [-0.2, -0.15) is 0 Å². The maximum Gasteiger partial charge on any atom is 0.305 e. The van der Waals surface area contributed by atoms with Crippen molar-refractivity contribution in [1.82, 2.24) is 14.8 Å². The minimum atomic E-state index is -1.00. The number of fused-ring (bicyclic) bond motifs is 1. The lowest BCUT2D eigenvalue weighted by molar-refractivity contribution is -0.143. The summed E-state index contributed by atoms with van der Waals surface area (Å²) in [6.07, 6.45) is 5.89. The number of rotatable bonds is 9. The first-order chi connectivity index (χ1) is 20.5. The normalized spacial score (nSPS) is 17.9. The van der Waals surface area contributed by atoms with E-state index in [0.29, 0.717) is 19.6 Å². The molecule has 0 radical (unpaired) electrons. The van der Waals surface area contributed by atoms with Crippen LogP contribution in [0.15, 0.2) is 85.1 Å². The summed E-state index contributed by atoms with van der Waals surface area (Å²) in [5, 5.41) is 16.5. The van der Waals surface area contributed by atoms with Crippen molar-refractivity contribution in [2.75, 3.05) is 18.4 Å². The molecule has 3 aromatic carbocycles. The van der Waals surface area contributed by atoms with Crippen LogP contribution in [-0.4, -0.2) is 51.5 Å². The van der Waals surface area contributed by atoms with Gasteiger partial charge in [0, 0.05) is 48.3 Å². The van der Waals surface area contributed by atoms with Crippen LogP contribution in [0.25, 0.3) is 10.9 Å². The van der Waals surface area contributed by atoms with Gasteiger partial charge in [0.25, 0.3) is 0 Å². The highest BCUT2D eigenvalue weighted by molar-refractivity contribution is 5.96. The van der Waals surface area contributed by atoms with E-state index in [1.165, 1.54) is 0 Å². The molecule has 2 heterocycles. The molecule has 1 atom stereocenters. The lowest BCUT2D eigenvalue weighted by Crippen LogP contribution is -2.55. The first-order valence-corrected chi connectivity index (χ1v) is 14.8. The highest BCUT2D eigenvalue weighted by Crippen LogP contribution is 2.35. The highest BCUT2D eigenvalue weighted by Gasteiger charge is 2.32. The lowest BCUT2D eigenvalue weighted by atomic mass is 9.98. The molecule has 6 rings (SSSR count). The molecule has 3 N–H and O–H groups in total. The van der Waals surface area contributed by atoms with E-state index in [9.17, 15) is 19.5 Å². The third kappa shape index (κ3) is 5.81. The molecule has 1 aromatic heterocycles. The van der Waals surface area contributed by atoms with Gasteiger partial charge in [0.1, 0.15) is 6.04 Å². The minimum absolute atomic E-state index is 0.0500. The topological polar surface area (TPSA) is 104 Å². The summed E-state index contributed by atoms with van der Waals surface area (Å²) in [5.74, 6) is -1.15. The van der Waals surface area contributed by atoms with Crippen LogP contribution in [0.1, 0.15) is 54.8 Å². The van der Waals surface area contributed by atoms with Crippen LogP contribution >= 0.6 is 0 Å². The number of anilines is 1. The molecule has 216 valence electrons. The first-order valence-electron chi connectivity index (χ1n) is 14.8. The summed E-state index contributed by atoms with van der Waals surface area (Å²) in [7, 11) is 0. The van der Waals surface area contributed by atoms with Crippen molar-refractivity contribution in [3.8, 4) is 0 Å². The zero-order valence-electron chi connectivity index (χ0n) is 23.5. The Labute approximate surface area is 245 Å². The van der Waals surface area contributed by atoms with E-state index in [1.54, 1.807) is 0 Å². The van der Waals surface area contributed by atoms with E-state index >= 15 is 0 Å². The fourth-order valence-corrected chi connectivity index (χ4v) is 6.52. The minimum Gasteiger partial charge on any atom is -0.481 e. The third-order valence-corrected chi connectivity index (χ3v) is 8.60. The number of nitrogens with one attached hydrogen (secondary N) is 2. The van der Waals surface area contributed by atoms with Gasteiger partial charge in [-0.15, -0.1) is 0 Å². The summed E-state index contributed by atoms with van der Waals surface area (Å²) in [6, 6.07) is 25.8. The lowest BCUT2D eigenvalue weighted by Gasteiger charge is -2.34. The number of hydrogen-bond acceptors (Lipinski definition) is 4. The van der Waals surface area contributed by atoms with E-state index in [-0.39, 0.29) is 30.2 Å². The van der Waals surface area contributed by atoms with Crippen LogP contribution in [0.3, 0.4) is 0 Å². The van der Waals surface area contributed by atoms with Gasteiger partial charge in [-0.1, -0.05) is 73.5 Å². The number of carbonyl (C=O) groups is 3. The Hall–Kier alpha value is -4.43. The number of carboxylic acid groups (broad SMARTS) is 1. The zero-order chi connectivity index (χ0) is 29.1. The second-order valence-electron chi connectivity index (χ2n) is 11.4. The fraction of sp³-hybridized carbons (Fsp3) is 0.324. The van der Waals surface area contributed by atoms with Crippen molar-refractivity contribution in [3.63, 3.8) is 0 Å². The SMILES string of the molecule is O=C(O)CC1C(=O)NCCN1Cc1cn(C(c2ccccc2)c2ccccc2)c2ccc(NC(=O)C3CCCC3)cc12. The summed E-state index contributed by atoms with van der Waals surface area (Å²) in [4.78, 5) is 39.3. The molecule has 8 nitrogen and oxygen atoms in total. The van der Waals surface area contributed by atoms with E-state index < -0.39 is 12.0 Å². The molecule has 2 aliphatic rings. The van der Waals surface area contributed by atoms with Crippen molar-refractivity contribution in [2.24, 2.45) is 5.92 Å². The van der Waals surface area contributed by atoms with Gasteiger partial charge in [-0.3, -0.25) is 19.3 Å².